The van der Waals surface area contributed by atoms with Gasteiger partial charge in [0, 0.05) is 13.0 Å². The van der Waals surface area contributed by atoms with Gasteiger partial charge in [-0.05, 0) is 43.4 Å². The van der Waals surface area contributed by atoms with Crippen molar-refractivity contribution in [3.05, 3.63) is 23.8 Å². The molecule has 1 atom stereocenters. The van der Waals surface area contributed by atoms with Crippen molar-refractivity contribution in [1.29, 1.82) is 0 Å². The minimum Gasteiger partial charge on any atom is -0.493 e. The molecule has 1 aromatic carbocycles. The van der Waals surface area contributed by atoms with Gasteiger partial charge in [-0.15, -0.1) is 0 Å². The number of benzene rings is 1. The number of rotatable bonds is 6. The summed E-state index contributed by atoms with van der Waals surface area (Å²) in [6, 6.07) is 5.15. The molecule has 1 heterocycles. The maximum absolute atomic E-state index is 12.4. The predicted molar refractivity (Wildman–Crippen MR) is 86.4 cm³/mol. The van der Waals surface area contributed by atoms with Gasteiger partial charge < -0.3 is 20.1 Å². The Morgan fingerprint density at radius 3 is 2.61 bits per heavy atom. The molecular weight excluding hydrogens is 296 g/mol. The standard InChI is InChI=1S/C17H24N2O4/c1-22-14-8-6-12(11-15(14)23-2)7-9-16(20)19-10-4-3-5-13(19)17(18)21/h6,8,11,13H,3-5,7,9-10H2,1-2H3,(H2,18,21). The Bertz CT molecular complexity index is 574. The Hall–Kier alpha value is -2.24. The van der Waals surface area contributed by atoms with Gasteiger partial charge in [0.1, 0.15) is 6.04 Å². The van der Waals surface area contributed by atoms with Gasteiger partial charge in [0.15, 0.2) is 11.5 Å². The zero-order valence-corrected chi connectivity index (χ0v) is 13.7. The van der Waals surface area contributed by atoms with Gasteiger partial charge in [0.2, 0.25) is 11.8 Å². The second-order valence-corrected chi connectivity index (χ2v) is 5.69. The summed E-state index contributed by atoms with van der Waals surface area (Å²) < 4.78 is 10.5. The first-order valence-corrected chi connectivity index (χ1v) is 7.86. The van der Waals surface area contributed by atoms with Crippen LogP contribution in [0.3, 0.4) is 0 Å². The monoisotopic (exact) mass is 320 g/mol. The molecule has 126 valence electrons. The Labute approximate surface area is 136 Å². The highest BCUT2D eigenvalue weighted by atomic mass is 16.5. The van der Waals surface area contributed by atoms with Crippen LogP contribution in [-0.4, -0.2) is 43.5 Å². The Morgan fingerprint density at radius 2 is 1.96 bits per heavy atom. The molecule has 1 unspecified atom stereocenters. The SMILES string of the molecule is COc1ccc(CCC(=O)N2CCCCC2C(N)=O)cc1OC. The first-order chi connectivity index (χ1) is 11.1. The van der Waals surface area contributed by atoms with Crippen LogP contribution >= 0.6 is 0 Å². The summed E-state index contributed by atoms with van der Waals surface area (Å²) in [5.74, 6) is 0.866. The van der Waals surface area contributed by atoms with Crippen LogP contribution in [-0.2, 0) is 16.0 Å². The number of aryl methyl sites for hydroxylation is 1. The van der Waals surface area contributed by atoms with Crippen molar-refractivity contribution >= 4 is 11.8 Å². The molecule has 1 aliphatic rings. The first kappa shape index (κ1) is 17.1. The number of ether oxygens (including phenoxy) is 2. The van der Waals surface area contributed by atoms with Gasteiger partial charge in [-0.2, -0.15) is 0 Å². The lowest BCUT2D eigenvalue weighted by Gasteiger charge is -2.33. The molecule has 0 spiro atoms. The molecule has 0 aromatic heterocycles. The fraction of sp³-hybridized carbons (Fsp3) is 0.529. The molecule has 2 rings (SSSR count). The number of hydrogen-bond donors (Lipinski definition) is 1. The number of piperidine rings is 1. The van der Waals surface area contributed by atoms with E-state index >= 15 is 0 Å². The van der Waals surface area contributed by atoms with E-state index in [1.165, 1.54) is 0 Å². The van der Waals surface area contributed by atoms with E-state index in [9.17, 15) is 9.59 Å². The maximum Gasteiger partial charge on any atom is 0.240 e. The summed E-state index contributed by atoms with van der Waals surface area (Å²) >= 11 is 0. The summed E-state index contributed by atoms with van der Waals surface area (Å²) in [5, 5.41) is 0. The summed E-state index contributed by atoms with van der Waals surface area (Å²) in [4.78, 5) is 25.6. The highest BCUT2D eigenvalue weighted by Gasteiger charge is 2.30. The number of methoxy groups -OCH3 is 2. The third kappa shape index (κ3) is 4.15. The highest BCUT2D eigenvalue weighted by molar-refractivity contribution is 5.86. The third-order valence-corrected chi connectivity index (χ3v) is 4.23. The third-order valence-electron chi connectivity index (χ3n) is 4.23. The molecule has 0 bridgehead atoms. The van der Waals surface area contributed by atoms with Crippen LogP contribution in [0.5, 0.6) is 11.5 Å². The van der Waals surface area contributed by atoms with Crippen LogP contribution in [0.4, 0.5) is 0 Å². The second-order valence-electron chi connectivity index (χ2n) is 5.69. The average molecular weight is 320 g/mol. The van der Waals surface area contributed by atoms with Crippen LogP contribution in [0.1, 0.15) is 31.2 Å². The second kappa shape index (κ2) is 7.85. The topological polar surface area (TPSA) is 81.9 Å². The van der Waals surface area contributed by atoms with E-state index in [2.05, 4.69) is 0 Å². The van der Waals surface area contributed by atoms with E-state index in [0.29, 0.717) is 37.3 Å². The Kier molecular flexibility index (Phi) is 5.84. The Morgan fingerprint density at radius 1 is 1.22 bits per heavy atom. The van der Waals surface area contributed by atoms with Gasteiger partial charge in [-0.3, -0.25) is 9.59 Å². The van der Waals surface area contributed by atoms with Crippen LogP contribution < -0.4 is 15.2 Å². The fourth-order valence-corrected chi connectivity index (χ4v) is 2.96. The number of likely N-dealkylation sites (tertiary alicyclic amines) is 1. The lowest BCUT2D eigenvalue weighted by Crippen LogP contribution is -2.50. The van der Waals surface area contributed by atoms with Crippen LogP contribution in [0.25, 0.3) is 0 Å². The van der Waals surface area contributed by atoms with Crippen molar-refractivity contribution in [2.45, 2.75) is 38.1 Å². The fourth-order valence-electron chi connectivity index (χ4n) is 2.96. The molecule has 1 saturated heterocycles. The van der Waals surface area contributed by atoms with Gasteiger partial charge in [-0.25, -0.2) is 0 Å². The number of carbonyl (C=O) groups is 2. The summed E-state index contributed by atoms with van der Waals surface area (Å²) in [6.07, 6.45) is 3.46. The molecule has 1 fully saturated rings. The molecule has 2 amide bonds. The lowest BCUT2D eigenvalue weighted by molar-refractivity contribution is -0.141. The zero-order chi connectivity index (χ0) is 16.8. The van der Waals surface area contributed by atoms with Crippen molar-refractivity contribution in [2.75, 3.05) is 20.8 Å². The smallest absolute Gasteiger partial charge is 0.240 e. The lowest BCUT2D eigenvalue weighted by atomic mass is 10.00. The quantitative estimate of drug-likeness (QED) is 0.861. The van der Waals surface area contributed by atoms with Gasteiger partial charge >= 0.3 is 0 Å². The molecule has 1 aliphatic heterocycles. The predicted octanol–water partition coefficient (Wildman–Crippen LogP) is 1.50. The summed E-state index contributed by atoms with van der Waals surface area (Å²) in [7, 11) is 3.17. The molecule has 23 heavy (non-hydrogen) atoms. The summed E-state index contributed by atoms with van der Waals surface area (Å²) in [5.41, 5.74) is 6.40. The van der Waals surface area contributed by atoms with Crippen molar-refractivity contribution in [1.82, 2.24) is 4.90 Å². The highest BCUT2D eigenvalue weighted by Crippen LogP contribution is 2.28. The van der Waals surface area contributed by atoms with Crippen molar-refractivity contribution in [2.24, 2.45) is 5.73 Å². The van der Waals surface area contributed by atoms with Crippen LogP contribution in [0, 0.1) is 0 Å². The summed E-state index contributed by atoms with van der Waals surface area (Å²) in [6.45, 7) is 0.609. The number of hydrogen-bond acceptors (Lipinski definition) is 4. The molecule has 6 heteroatoms. The molecule has 0 aliphatic carbocycles. The van der Waals surface area contributed by atoms with Gasteiger partial charge in [0.25, 0.3) is 0 Å². The first-order valence-electron chi connectivity index (χ1n) is 7.86. The number of primary amides is 1. The number of carbonyl (C=O) groups excluding carboxylic acids is 2. The van der Waals surface area contributed by atoms with E-state index in [1.807, 2.05) is 18.2 Å². The zero-order valence-electron chi connectivity index (χ0n) is 13.7. The van der Waals surface area contributed by atoms with Gasteiger partial charge in [-0.1, -0.05) is 6.07 Å². The molecule has 0 radical (unpaired) electrons. The van der Waals surface area contributed by atoms with Crippen molar-refractivity contribution in [3.63, 3.8) is 0 Å². The van der Waals surface area contributed by atoms with E-state index in [4.69, 9.17) is 15.2 Å². The van der Waals surface area contributed by atoms with Crippen LogP contribution in [0.15, 0.2) is 18.2 Å². The average Bonchev–Trinajstić information content (AvgIpc) is 2.59. The van der Waals surface area contributed by atoms with E-state index in [-0.39, 0.29) is 5.91 Å². The Balaban J connectivity index is 1.99. The molecule has 6 nitrogen and oxygen atoms in total. The number of amides is 2. The number of nitrogens with two attached hydrogens (primary N) is 1. The molecule has 1 aromatic rings. The van der Waals surface area contributed by atoms with E-state index in [1.54, 1.807) is 19.1 Å². The molecule has 0 saturated carbocycles. The molecule has 2 N–H and O–H groups in total. The van der Waals surface area contributed by atoms with E-state index < -0.39 is 11.9 Å². The number of nitrogens with zero attached hydrogens (tertiary/aromatic N) is 1. The largest absolute Gasteiger partial charge is 0.493 e. The van der Waals surface area contributed by atoms with Crippen molar-refractivity contribution < 1.29 is 19.1 Å². The molecular formula is C17H24N2O4. The normalized spacial score (nSPS) is 17.7. The van der Waals surface area contributed by atoms with Crippen molar-refractivity contribution in [3.8, 4) is 11.5 Å². The van der Waals surface area contributed by atoms with Gasteiger partial charge in [0.05, 0.1) is 14.2 Å². The minimum absolute atomic E-state index is 0.0247. The van der Waals surface area contributed by atoms with E-state index in [0.717, 1.165) is 18.4 Å². The maximum atomic E-state index is 12.4. The minimum atomic E-state index is -0.457. The van der Waals surface area contributed by atoms with Crippen LogP contribution in [0.2, 0.25) is 0 Å².